The largest absolute Gasteiger partial charge is 0.446 e. The Labute approximate surface area is 229 Å². The van der Waals surface area contributed by atoms with E-state index in [1.807, 2.05) is 19.1 Å². The van der Waals surface area contributed by atoms with Gasteiger partial charge in [0, 0.05) is 17.8 Å². The Kier molecular flexibility index (Phi) is 6.49. The third kappa shape index (κ3) is 5.14. The first-order chi connectivity index (χ1) is 19.2. The molecule has 3 aliphatic carbocycles. The summed E-state index contributed by atoms with van der Waals surface area (Å²) < 4.78 is 51.5. The summed E-state index contributed by atoms with van der Waals surface area (Å²) >= 11 is 0. The number of halogens is 3. The molecule has 9 heteroatoms. The van der Waals surface area contributed by atoms with Gasteiger partial charge in [0.25, 0.3) is 0 Å². The summed E-state index contributed by atoms with van der Waals surface area (Å²) in [5.41, 5.74) is 3.50. The van der Waals surface area contributed by atoms with Crippen LogP contribution in [0.25, 0.3) is 11.1 Å². The van der Waals surface area contributed by atoms with E-state index in [1.165, 1.54) is 12.3 Å². The molecule has 3 aliphatic rings. The molecule has 1 unspecified atom stereocenters. The topological polar surface area (TPSA) is 84.2 Å². The number of allylic oxidation sites excluding steroid dienone is 2. The van der Waals surface area contributed by atoms with Crippen molar-refractivity contribution < 1.29 is 27.4 Å². The van der Waals surface area contributed by atoms with Crippen LogP contribution in [0.4, 0.5) is 23.7 Å². The zero-order valence-electron chi connectivity index (χ0n) is 21.7. The number of hydrogen-bond donors (Lipinski definition) is 1. The molecule has 2 aromatic carbocycles. The van der Waals surface area contributed by atoms with E-state index in [4.69, 9.17) is 9.47 Å². The molecule has 0 spiro atoms. The molecule has 3 aromatic rings. The van der Waals surface area contributed by atoms with E-state index in [1.54, 1.807) is 30.3 Å². The van der Waals surface area contributed by atoms with Crippen LogP contribution in [0.5, 0.6) is 11.6 Å². The fourth-order valence-corrected chi connectivity index (χ4v) is 5.42. The predicted molar refractivity (Wildman–Crippen MR) is 142 cm³/mol. The van der Waals surface area contributed by atoms with Gasteiger partial charge in [-0.05, 0) is 109 Å². The lowest BCUT2D eigenvalue weighted by Gasteiger charge is -2.18. The average Bonchev–Trinajstić information content (AvgIpc) is 3.85. The second-order valence-electron chi connectivity index (χ2n) is 10.6. The molecule has 0 saturated heterocycles. The number of fused-ring (bicyclic) bond motifs is 1. The monoisotopic (exact) mass is 545 g/mol. The quantitative estimate of drug-likeness (QED) is 0.324. The van der Waals surface area contributed by atoms with Crippen molar-refractivity contribution in [3.63, 3.8) is 0 Å². The molecule has 0 bridgehead atoms. The van der Waals surface area contributed by atoms with Gasteiger partial charge in [-0.15, -0.1) is 0 Å². The molecule has 2 atom stereocenters. The molecule has 204 valence electrons. The van der Waals surface area contributed by atoms with Crippen molar-refractivity contribution in [2.45, 2.75) is 50.8 Å². The number of benzene rings is 2. The molecule has 1 heterocycles. The number of nitrogens with zero attached hydrogens (tertiary/aromatic N) is 2. The Morgan fingerprint density at radius 1 is 1.10 bits per heavy atom. The Morgan fingerprint density at radius 3 is 2.50 bits per heavy atom. The zero-order valence-corrected chi connectivity index (χ0v) is 21.7. The number of nitriles is 1. The number of amides is 1. The molecular formula is C31H26F3N3O3. The lowest BCUT2D eigenvalue weighted by atomic mass is 9.86. The minimum absolute atomic E-state index is 0.0952. The number of ether oxygens (including phenoxy) is 2. The molecule has 6 rings (SSSR count). The van der Waals surface area contributed by atoms with Crippen molar-refractivity contribution in [3.05, 3.63) is 83.0 Å². The smallest absolute Gasteiger partial charge is 0.421 e. The van der Waals surface area contributed by atoms with Gasteiger partial charge in [-0.3, -0.25) is 5.32 Å². The number of anilines is 1. The first kappa shape index (κ1) is 25.9. The summed E-state index contributed by atoms with van der Waals surface area (Å²) in [5, 5.41) is 12.9. The number of hydrogen-bond acceptors (Lipinski definition) is 5. The van der Waals surface area contributed by atoms with E-state index in [0.29, 0.717) is 23.1 Å². The molecular weight excluding hydrogens is 519 g/mol. The summed E-state index contributed by atoms with van der Waals surface area (Å²) in [6.45, 7) is 1.90. The van der Waals surface area contributed by atoms with Crippen molar-refractivity contribution in [1.29, 1.82) is 5.26 Å². The minimum Gasteiger partial charge on any atom is -0.446 e. The van der Waals surface area contributed by atoms with Crippen LogP contribution >= 0.6 is 0 Å². The van der Waals surface area contributed by atoms with Crippen LogP contribution in [0.3, 0.4) is 0 Å². The second kappa shape index (κ2) is 10.0. The van der Waals surface area contributed by atoms with Gasteiger partial charge < -0.3 is 9.47 Å². The van der Waals surface area contributed by atoms with Crippen LogP contribution in [-0.2, 0) is 10.9 Å². The predicted octanol–water partition coefficient (Wildman–Crippen LogP) is 8.18. The summed E-state index contributed by atoms with van der Waals surface area (Å²) in [5.74, 6) is 0.368. The Morgan fingerprint density at radius 2 is 1.85 bits per heavy atom. The highest BCUT2D eigenvalue weighted by Gasteiger charge is 2.42. The van der Waals surface area contributed by atoms with Crippen molar-refractivity contribution in [2.75, 3.05) is 5.32 Å². The Bertz CT molecular complexity index is 1530. The normalized spacial score (nSPS) is 19.0. The van der Waals surface area contributed by atoms with E-state index in [0.717, 1.165) is 54.0 Å². The molecule has 2 fully saturated rings. The first-order valence-electron chi connectivity index (χ1n) is 13.3. The van der Waals surface area contributed by atoms with Crippen LogP contribution in [0.15, 0.2) is 60.8 Å². The van der Waals surface area contributed by atoms with Crippen molar-refractivity contribution in [2.24, 2.45) is 11.8 Å². The maximum Gasteiger partial charge on any atom is 0.421 e. The fraction of sp³-hybridized carbons (Fsp3) is 0.323. The van der Waals surface area contributed by atoms with Gasteiger partial charge in [0.05, 0.1) is 5.57 Å². The minimum atomic E-state index is -4.60. The molecule has 2 saturated carbocycles. The highest BCUT2D eigenvalue weighted by Crippen LogP contribution is 2.57. The highest BCUT2D eigenvalue weighted by atomic mass is 19.4. The van der Waals surface area contributed by atoms with Gasteiger partial charge in [0.15, 0.2) is 0 Å². The Balaban J connectivity index is 1.27. The number of alkyl halides is 3. The molecule has 6 nitrogen and oxygen atoms in total. The number of carbonyl (C=O) groups is 1. The second-order valence-corrected chi connectivity index (χ2v) is 10.6. The molecule has 0 aliphatic heterocycles. The van der Waals surface area contributed by atoms with E-state index in [2.05, 4.69) is 16.4 Å². The molecule has 0 radical (unpaired) electrons. The number of rotatable bonds is 7. The summed E-state index contributed by atoms with van der Waals surface area (Å²) in [6.07, 6.45) is 0.163. The van der Waals surface area contributed by atoms with Gasteiger partial charge >= 0.3 is 12.3 Å². The maximum absolute atomic E-state index is 13.5. The van der Waals surface area contributed by atoms with E-state index in [-0.39, 0.29) is 17.8 Å². The summed E-state index contributed by atoms with van der Waals surface area (Å²) in [4.78, 5) is 16.1. The van der Waals surface area contributed by atoms with Crippen molar-refractivity contribution in [1.82, 2.24) is 4.98 Å². The van der Waals surface area contributed by atoms with Crippen LogP contribution in [0.2, 0.25) is 0 Å². The standard InChI is InChI=1S/C31H26F3N3O3/c1-17(18-4-5-18)39-30(38)37-21-10-8-20(9-11-21)28-25(16-35)23-13-12-22(15-24(23)27(28)19-6-7-19)40-29-26(31(32,33)34)3-2-14-36-29/h2-3,8-15,17-19,27H,4-7H2,1H3,(H,37,38)/t17-,27?/m1/s1. The van der Waals surface area contributed by atoms with Crippen LogP contribution in [0.1, 0.15) is 60.8 Å². The lowest BCUT2D eigenvalue weighted by Crippen LogP contribution is -2.21. The lowest BCUT2D eigenvalue weighted by molar-refractivity contribution is -0.138. The third-order valence-electron chi connectivity index (χ3n) is 7.73. The number of nitrogens with one attached hydrogen (secondary N) is 1. The Hall–Kier alpha value is -4.32. The van der Waals surface area contributed by atoms with Crippen LogP contribution < -0.4 is 10.1 Å². The molecule has 1 aromatic heterocycles. The summed E-state index contributed by atoms with van der Waals surface area (Å²) in [7, 11) is 0. The van der Waals surface area contributed by atoms with E-state index in [9.17, 15) is 23.2 Å². The average molecular weight is 546 g/mol. The zero-order chi connectivity index (χ0) is 28.0. The van der Waals surface area contributed by atoms with E-state index >= 15 is 0 Å². The van der Waals surface area contributed by atoms with Gasteiger partial charge in [-0.2, -0.15) is 18.4 Å². The SMILES string of the molecule is C[C@@H](OC(=O)Nc1ccc(C2=C(C#N)c3ccc(Oc4ncccc4C(F)(F)F)cc3C2C2CC2)cc1)C1CC1. The fourth-order valence-electron chi connectivity index (χ4n) is 5.42. The molecule has 40 heavy (non-hydrogen) atoms. The number of carbonyl (C=O) groups excluding carboxylic acids is 1. The maximum atomic E-state index is 13.5. The van der Waals surface area contributed by atoms with Gasteiger partial charge in [0.2, 0.25) is 5.88 Å². The molecule has 1 amide bonds. The molecule has 1 N–H and O–H groups in total. The van der Waals surface area contributed by atoms with Crippen molar-refractivity contribution in [3.8, 4) is 17.7 Å². The van der Waals surface area contributed by atoms with Gasteiger partial charge in [-0.25, -0.2) is 9.78 Å². The van der Waals surface area contributed by atoms with Crippen LogP contribution in [0, 0.1) is 23.2 Å². The van der Waals surface area contributed by atoms with E-state index < -0.39 is 23.7 Å². The van der Waals surface area contributed by atoms with Gasteiger partial charge in [0.1, 0.15) is 23.5 Å². The van der Waals surface area contributed by atoms with Gasteiger partial charge in [-0.1, -0.05) is 12.1 Å². The highest BCUT2D eigenvalue weighted by molar-refractivity contribution is 6.05. The summed E-state index contributed by atoms with van der Waals surface area (Å²) in [6, 6.07) is 16.8. The van der Waals surface area contributed by atoms with Crippen molar-refractivity contribution >= 4 is 22.9 Å². The number of aromatic nitrogens is 1. The number of pyridine rings is 1. The van der Waals surface area contributed by atoms with Crippen LogP contribution in [-0.4, -0.2) is 17.2 Å². The third-order valence-corrected chi connectivity index (χ3v) is 7.73. The first-order valence-corrected chi connectivity index (χ1v) is 13.3.